The third kappa shape index (κ3) is 3.84. The molecule has 0 heterocycles. The molecule has 0 aromatic heterocycles. The van der Waals surface area contributed by atoms with Gasteiger partial charge in [0.05, 0.1) is 0 Å². The first kappa shape index (κ1) is 14.2. The monoisotopic (exact) mass is 272 g/mol. The van der Waals surface area contributed by atoms with Gasteiger partial charge in [-0.15, -0.1) is 0 Å². The Kier molecular flexibility index (Phi) is 5.68. The number of thiocarbonyl (C=S) groups is 1. The van der Waals surface area contributed by atoms with E-state index in [1.807, 2.05) is 12.1 Å². The third-order valence-corrected chi connectivity index (χ3v) is 2.99. The Morgan fingerprint density at radius 3 is 2.76 bits per heavy atom. The van der Waals surface area contributed by atoms with Crippen LogP contribution < -0.4 is 10.6 Å². The highest BCUT2D eigenvalue weighted by molar-refractivity contribution is 7.80. The fraction of sp³-hybridized carbons (Fsp3) is 0.417. The Labute approximate surface area is 112 Å². The van der Waals surface area contributed by atoms with Gasteiger partial charge < -0.3 is 15.7 Å². The van der Waals surface area contributed by atoms with Crippen molar-refractivity contribution in [1.29, 1.82) is 0 Å². The fourth-order valence-corrected chi connectivity index (χ4v) is 2.03. The normalized spacial score (nSPS) is 10.3. The van der Waals surface area contributed by atoms with Gasteiger partial charge in [-0.3, -0.25) is 0 Å². The number of benzene rings is 1. The quantitative estimate of drug-likeness (QED) is 0.780. The van der Waals surface area contributed by atoms with E-state index in [0.717, 1.165) is 24.3 Å². The average Bonchev–Trinajstić information content (AvgIpc) is 2.31. The number of aliphatic hydroxyl groups excluding tert-OH is 1. The molecule has 0 aliphatic heterocycles. The summed E-state index contributed by atoms with van der Waals surface area (Å²) in [6.07, 6.45) is 0.716. The van der Waals surface area contributed by atoms with E-state index in [9.17, 15) is 0 Å². The molecule has 17 heavy (non-hydrogen) atoms. The van der Waals surface area contributed by atoms with Gasteiger partial charge in [0, 0.05) is 36.0 Å². The molecule has 0 fully saturated rings. The first-order chi connectivity index (χ1) is 8.10. The molecule has 1 aromatic rings. The second-order valence-corrected chi connectivity index (χ2v) is 4.56. The van der Waals surface area contributed by atoms with Gasteiger partial charge >= 0.3 is 0 Å². The van der Waals surface area contributed by atoms with Crippen molar-refractivity contribution in [2.75, 3.05) is 24.6 Å². The van der Waals surface area contributed by atoms with E-state index in [4.69, 9.17) is 34.7 Å². The van der Waals surface area contributed by atoms with Crippen molar-refractivity contribution in [1.82, 2.24) is 0 Å². The molecule has 5 heteroatoms. The number of nitrogens with two attached hydrogens (primary N) is 1. The summed E-state index contributed by atoms with van der Waals surface area (Å²) in [5, 5.41) is 9.50. The largest absolute Gasteiger partial charge is 0.396 e. The van der Waals surface area contributed by atoms with Crippen molar-refractivity contribution in [3.8, 4) is 0 Å². The number of anilines is 1. The number of aliphatic hydroxyl groups is 1. The van der Waals surface area contributed by atoms with Crippen LogP contribution in [0.25, 0.3) is 0 Å². The zero-order chi connectivity index (χ0) is 12.8. The van der Waals surface area contributed by atoms with Gasteiger partial charge in [-0.05, 0) is 31.5 Å². The molecular weight excluding hydrogens is 256 g/mol. The van der Waals surface area contributed by atoms with E-state index in [2.05, 4.69) is 11.8 Å². The summed E-state index contributed by atoms with van der Waals surface area (Å²) in [4.78, 5) is 2.46. The second kappa shape index (κ2) is 6.79. The first-order valence-corrected chi connectivity index (χ1v) is 6.34. The van der Waals surface area contributed by atoms with E-state index < -0.39 is 0 Å². The van der Waals surface area contributed by atoms with Crippen LogP contribution in [-0.4, -0.2) is 29.8 Å². The summed E-state index contributed by atoms with van der Waals surface area (Å²) < 4.78 is 0. The highest BCUT2D eigenvalue weighted by atomic mass is 35.5. The summed E-state index contributed by atoms with van der Waals surface area (Å²) in [6, 6.07) is 5.51. The molecule has 0 saturated heterocycles. The van der Waals surface area contributed by atoms with Crippen LogP contribution in [0, 0.1) is 0 Å². The number of hydrogen-bond acceptors (Lipinski definition) is 3. The van der Waals surface area contributed by atoms with Crippen LogP contribution in [0.4, 0.5) is 5.69 Å². The Morgan fingerprint density at radius 2 is 2.24 bits per heavy atom. The maximum absolute atomic E-state index is 8.88. The second-order valence-electron chi connectivity index (χ2n) is 3.68. The Bertz CT molecular complexity index is 398. The minimum atomic E-state index is 0.173. The van der Waals surface area contributed by atoms with Gasteiger partial charge in [-0.25, -0.2) is 0 Å². The predicted octanol–water partition coefficient (Wildman–Crippen LogP) is 2.18. The maximum atomic E-state index is 8.88. The minimum absolute atomic E-state index is 0.173. The van der Waals surface area contributed by atoms with E-state index in [0.29, 0.717) is 16.4 Å². The van der Waals surface area contributed by atoms with Crippen LogP contribution in [0.15, 0.2) is 18.2 Å². The van der Waals surface area contributed by atoms with Gasteiger partial charge in [0.15, 0.2) is 0 Å². The molecule has 1 aromatic carbocycles. The molecule has 0 saturated carbocycles. The van der Waals surface area contributed by atoms with E-state index in [-0.39, 0.29) is 6.61 Å². The van der Waals surface area contributed by atoms with Crippen molar-refractivity contribution >= 4 is 34.5 Å². The Morgan fingerprint density at radius 1 is 1.53 bits per heavy atom. The van der Waals surface area contributed by atoms with Gasteiger partial charge in [0.1, 0.15) is 4.99 Å². The lowest BCUT2D eigenvalue weighted by Crippen LogP contribution is -2.27. The molecular formula is C12H17ClN2OS. The molecule has 0 amide bonds. The smallest absolute Gasteiger partial charge is 0.106 e. The number of hydrogen-bond donors (Lipinski definition) is 2. The van der Waals surface area contributed by atoms with Gasteiger partial charge in [-0.2, -0.15) is 0 Å². The van der Waals surface area contributed by atoms with Crippen LogP contribution >= 0.6 is 23.8 Å². The van der Waals surface area contributed by atoms with Crippen molar-refractivity contribution in [2.24, 2.45) is 5.73 Å². The van der Waals surface area contributed by atoms with E-state index >= 15 is 0 Å². The van der Waals surface area contributed by atoms with Crippen molar-refractivity contribution in [2.45, 2.75) is 13.3 Å². The lowest BCUT2D eigenvalue weighted by molar-refractivity contribution is 0.289. The SMILES string of the molecule is CCN(CCCO)c1ccc(Cl)cc1C(N)=S. The van der Waals surface area contributed by atoms with E-state index in [1.165, 1.54) is 0 Å². The lowest BCUT2D eigenvalue weighted by Gasteiger charge is -2.25. The molecule has 0 bridgehead atoms. The molecule has 3 N–H and O–H groups in total. The molecule has 0 spiro atoms. The summed E-state index contributed by atoms with van der Waals surface area (Å²) in [7, 11) is 0. The van der Waals surface area contributed by atoms with Gasteiger partial charge in [-0.1, -0.05) is 23.8 Å². The molecule has 3 nitrogen and oxygen atoms in total. The average molecular weight is 273 g/mol. The molecule has 0 atom stereocenters. The summed E-state index contributed by atoms with van der Waals surface area (Å²) >= 11 is 11.0. The number of nitrogens with zero attached hydrogens (tertiary/aromatic N) is 1. The standard InChI is InChI=1S/C12H17ClN2OS/c1-2-15(6-3-7-16)11-5-4-9(13)8-10(11)12(14)17/h4-5,8,16H,2-3,6-7H2,1H3,(H2,14,17). The summed E-state index contributed by atoms with van der Waals surface area (Å²) in [5.41, 5.74) is 7.46. The first-order valence-electron chi connectivity index (χ1n) is 5.55. The molecule has 0 unspecified atom stereocenters. The molecule has 0 aliphatic carbocycles. The number of halogens is 1. The highest BCUT2D eigenvalue weighted by Gasteiger charge is 2.11. The maximum Gasteiger partial charge on any atom is 0.106 e. The van der Waals surface area contributed by atoms with Gasteiger partial charge in [0.2, 0.25) is 0 Å². The van der Waals surface area contributed by atoms with Crippen LogP contribution in [0.2, 0.25) is 5.02 Å². The molecule has 0 radical (unpaired) electrons. The molecule has 94 valence electrons. The summed E-state index contributed by atoms with van der Waals surface area (Å²) in [6.45, 7) is 3.82. The van der Waals surface area contributed by atoms with Crippen LogP contribution in [-0.2, 0) is 0 Å². The Hall–Kier alpha value is -0.840. The van der Waals surface area contributed by atoms with Crippen LogP contribution in [0.1, 0.15) is 18.9 Å². The van der Waals surface area contributed by atoms with Crippen molar-refractivity contribution < 1.29 is 5.11 Å². The van der Waals surface area contributed by atoms with Crippen LogP contribution in [0.3, 0.4) is 0 Å². The molecule has 0 aliphatic rings. The lowest BCUT2D eigenvalue weighted by atomic mass is 10.1. The molecule has 1 rings (SSSR count). The Balaban J connectivity index is 3.05. The zero-order valence-electron chi connectivity index (χ0n) is 9.82. The third-order valence-electron chi connectivity index (χ3n) is 2.53. The fourth-order valence-electron chi connectivity index (χ4n) is 1.69. The topological polar surface area (TPSA) is 49.5 Å². The van der Waals surface area contributed by atoms with Crippen molar-refractivity contribution in [3.05, 3.63) is 28.8 Å². The highest BCUT2D eigenvalue weighted by Crippen LogP contribution is 2.24. The zero-order valence-corrected chi connectivity index (χ0v) is 11.4. The number of rotatable bonds is 6. The van der Waals surface area contributed by atoms with Crippen LogP contribution in [0.5, 0.6) is 0 Å². The summed E-state index contributed by atoms with van der Waals surface area (Å²) in [5.74, 6) is 0. The predicted molar refractivity (Wildman–Crippen MR) is 76.9 cm³/mol. The van der Waals surface area contributed by atoms with E-state index in [1.54, 1.807) is 6.07 Å². The minimum Gasteiger partial charge on any atom is -0.396 e. The van der Waals surface area contributed by atoms with Crippen molar-refractivity contribution in [3.63, 3.8) is 0 Å². The van der Waals surface area contributed by atoms with Gasteiger partial charge in [0.25, 0.3) is 0 Å².